The molecule has 0 amide bonds. The SMILES string of the molecule is C=C1CCC[C@]2(C)C[C@H]3OC(=O)[C@H](C[NH+]4CCCCC4)[C@@H]3C[C@H]12. The molecule has 4 fully saturated rings. The number of esters is 1. The fourth-order valence-electron chi connectivity index (χ4n) is 6.06. The Labute approximate surface area is 140 Å². The van der Waals surface area contributed by atoms with Crippen LogP contribution in [0.2, 0.25) is 0 Å². The molecule has 3 heteroatoms. The number of hydrogen-bond donors (Lipinski definition) is 1. The van der Waals surface area contributed by atoms with E-state index >= 15 is 0 Å². The van der Waals surface area contributed by atoms with E-state index in [4.69, 9.17) is 4.74 Å². The summed E-state index contributed by atoms with van der Waals surface area (Å²) in [5, 5.41) is 0. The first-order valence-electron chi connectivity index (χ1n) is 9.78. The number of piperidine rings is 1. The van der Waals surface area contributed by atoms with Gasteiger partial charge in [-0.05, 0) is 62.7 Å². The Morgan fingerprint density at radius 2 is 2.04 bits per heavy atom. The van der Waals surface area contributed by atoms with Crippen molar-refractivity contribution in [2.45, 2.75) is 64.4 Å². The molecule has 2 heterocycles. The minimum atomic E-state index is 0.103. The van der Waals surface area contributed by atoms with Gasteiger partial charge in [-0.15, -0.1) is 0 Å². The largest absolute Gasteiger partial charge is 0.462 e. The monoisotopic (exact) mass is 318 g/mol. The van der Waals surface area contributed by atoms with Crippen molar-refractivity contribution in [3.8, 4) is 0 Å². The van der Waals surface area contributed by atoms with Crippen molar-refractivity contribution >= 4 is 5.97 Å². The average Bonchev–Trinajstić information content (AvgIpc) is 2.81. The average molecular weight is 318 g/mol. The molecule has 128 valence electrons. The lowest BCUT2D eigenvalue weighted by Crippen LogP contribution is -3.13. The number of hydrogen-bond acceptors (Lipinski definition) is 2. The van der Waals surface area contributed by atoms with Crippen LogP contribution in [0.4, 0.5) is 0 Å². The molecule has 0 aromatic carbocycles. The van der Waals surface area contributed by atoms with Crippen LogP contribution in [0.15, 0.2) is 12.2 Å². The number of nitrogens with one attached hydrogen (secondary N) is 1. The summed E-state index contributed by atoms with van der Waals surface area (Å²) in [4.78, 5) is 14.2. The van der Waals surface area contributed by atoms with Gasteiger partial charge in [0.2, 0.25) is 0 Å². The van der Waals surface area contributed by atoms with Gasteiger partial charge in [0, 0.05) is 5.92 Å². The number of fused-ring (bicyclic) bond motifs is 2. The van der Waals surface area contributed by atoms with Crippen molar-refractivity contribution in [1.82, 2.24) is 0 Å². The van der Waals surface area contributed by atoms with E-state index in [1.807, 2.05) is 0 Å². The lowest BCUT2D eigenvalue weighted by atomic mass is 9.55. The van der Waals surface area contributed by atoms with Crippen LogP contribution in [0.1, 0.15) is 58.3 Å². The van der Waals surface area contributed by atoms with Crippen molar-refractivity contribution in [2.24, 2.45) is 23.2 Å². The van der Waals surface area contributed by atoms with E-state index in [0.29, 0.717) is 17.3 Å². The molecule has 3 nitrogen and oxygen atoms in total. The maximum absolute atomic E-state index is 12.5. The van der Waals surface area contributed by atoms with Crippen molar-refractivity contribution in [2.75, 3.05) is 19.6 Å². The Bertz CT molecular complexity index is 496. The lowest BCUT2D eigenvalue weighted by Gasteiger charge is -2.50. The summed E-state index contributed by atoms with van der Waals surface area (Å²) in [6.07, 6.45) is 10.1. The summed E-state index contributed by atoms with van der Waals surface area (Å²) in [6.45, 7) is 10.3. The molecule has 0 aromatic heterocycles. The van der Waals surface area contributed by atoms with E-state index in [2.05, 4.69) is 13.5 Å². The molecule has 2 aliphatic carbocycles. The van der Waals surface area contributed by atoms with Gasteiger partial charge in [0.15, 0.2) is 0 Å². The third kappa shape index (κ3) is 2.75. The Balaban J connectivity index is 1.50. The van der Waals surface area contributed by atoms with Gasteiger partial charge < -0.3 is 9.64 Å². The molecule has 0 spiro atoms. The molecule has 0 radical (unpaired) electrons. The van der Waals surface area contributed by atoms with Crippen LogP contribution < -0.4 is 4.90 Å². The van der Waals surface area contributed by atoms with Crippen LogP contribution >= 0.6 is 0 Å². The van der Waals surface area contributed by atoms with E-state index in [0.717, 1.165) is 19.4 Å². The molecule has 23 heavy (non-hydrogen) atoms. The molecule has 0 unspecified atom stereocenters. The first kappa shape index (κ1) is 15.7. The number of allylic oxidation sites excluding steroid dienone is 1. The number of likely N-dealkylation sites (tertiary alicyclic amines) is 1. The predicted octanol–water partition coefficient (Wildman–Crippen LogP) is 2.37. The smallest absolute Gasteiger partial charge is 0.315 e. The summed E-state index contributed by atoms with van der Waals surface area (Å²) >= 11 is 0. The molecular formula is C20H32NO2+. The normalized spacial score (nSPS) is 44.6. The fraction of sp³-hybridized carbons (Fsp3) is 0.850. The van der Waals surface area contributed by atoms with Gasteiger partial charge in [0.25, 0.3) is 0 Å². The van der Waals surface area contributed by atoms with Crippen LogP contribution in [0.5, 0.6) is 0 Å². The summed E-state index contributed by atoms with van der Waals surface area (Å²) in [5.41, 5.74) is 1.77. The second-order valence-electron chi connectivity index (χ2n) is 8.92. The van der Waals surface area contributed by atoms with Crippen molar-refractivity contribution in [3.05, 3.63) is 12.2 Å². The van der Waals surface area contributed by atoms with Gasteiger partial charge >= 0.3 is 5.97 Å². The molecule has 4 aliphatic rings. The fourth-order valence-corrected chi connectivity index (χ4v) is 6.06. The van der Waals surface area contributed by atoms with Gasteiger partial charge in [0.05, 0.1) is 19.6 Å². The number of carbonyl (C=O) groups excluding carboxylic acids is 1. The van der Waals surface area contributed by atoms with E-state index in [-0.39, 0.29) is 18.0 Å². The standard InChI is InChI=1S/C20H31NO2/c1-14-7-6-8-20(2)12-18-15(11-17(14)20)16(19(22)23-18)13-21-9-4-3-5-10-21/h15-18H,1,3-13H2,2H3/p+1/t15-,16+,17+,18+,20+/m0/s1. The molecule has 0 bridgehead atoms. The highest BCUT2D eigenvalue weighted by molar-refractivity contribution is 5.75. The number of carbonyl (C=O) groups is 1. The predicted molar refractivity (Wildman–Crippen MR) is 90.1 cm³/mol. The maximum atomic E-state index is 12.5. The zero-order chi connectivity index (χ0) is 16.0. The van der Waals surface area contributed by atoms with Gasteiger partial charge in [-0.25, -0.2) is 0 Å². The minimum Gasteiger partial charge on any atom is -0.462 e. The van der Waals surface area contributed by atoms with Crippen LogP contribution in [0.3, 0.4) is 0 Å². The Morgan fingerprint density at radius 3 is 2.83 bits per heavy atom. The summed E-state index contributed by atoms with van der Waals surface area (Å²) in [7, 11) is 0. The van der Waals surface area contributed by atoms with Crippen LogP contribution in [-0.4, -0.2) is 31.7 Å². The van der Waals surface area contributed by atoms with Crippen LogP contribution in [-0.2, 0) is 9.53 Å². The molecule has 1 N–H and O–H groups in total. The molecule has 2 saturated heterocycles. The van der Waals surface area contributed by atoms with Crippen LogP contribution in [0, 0.1) is 23.2 Å². The zero-order valence-electron chi connectivity index (χ0n) is 14.6. The number of rotatable bonds is 2. The highest BCUT2D eigenvalue weighted by Gasteiger charge is 2.55. The van der Waals surface area contributed by atoms with Crippen molar-refractivity contribution < 1.29 is 14.4 Å². The van der Waals surface area contributed by atoms with E-state index in [1.165, 1.54) is 57.2 Å². The quantitative estimate of drug-likeness (QED) is 0.626. The molecule has 2 saturated carbocycles. The van der Waals surface area contributed by atoms with Crippen molar-refractivity contribution in [3.63, 3.8) is 0 Å². The topological polar surface area (TPSA) is 30.7 Å². The van der Waals surface area contributed by atoms with Gasteiger partial charge in [-0.1, -0.05) is 19.1 Å². The maximum Gasteiger partial charge on any atom is 0.315 e. The molecular weight excluding hydrogens is 286 g/mol. The third-order valence-corrected chi connectivity index (χ3v) is 7.39. The molecule has 4 rings (SSSR count). The number of quaternary nitrogens is 1. The Morgan fingerprint density at radius 1 is 1.26 bits per heavy atom. The number of ether oxygens (including phenoxy) is 1. The summed E-state index contributed by atoms with van der Waals surface area (Å²) < 4.78 is 5.89. The Kier molecular flexibility index (Phi) is 4.03. The van der Waals surface area contributed by atoms with E-state index < -0.39 is 0 Å². The summed E-state index contributed by atoms with van der Waals surface area (Å²) in [5.74, 6) is 1.31. The van der Waals surface area contributed by atoms with E-state index in [1.54, 1.807) is 4.90 Å². The molecule has 0 aromatic rings. The van der Waals surface area contributed by atoms with Crippen LogP contribution in [0.25, 0.3) is 0 Å². The first-order valence-corrected chi connectivity index (χ1v) is 9.78. The van der Waals surface area contributed by atoms with Gasteiger partial charge in [0.1, 0.15) is 12.0 Å². The third-order valence-electron chi connectivity index (χ3n) is 7.39. The van der Waals surface area contributed by atoms with E-state index in [9.17, 15) is 4.79 Å². The van der Waals surface area contributed by atoms with Gasteiger partial charge in [-0.3, -0.25) is 4.79 Å². The molecule has 5 atom stereocenters. The highest BCUT2D eigenvalue weighted by Crippen LogP contribution is 2.56. The zero-order valence-corrected chi connectivity index (χ0v) is 14.6. The van der Waals surface area contributed by atoms with Crippen molar-refractivity contribution in [1.29, 1.82) is 0 Å². The summed E-state index contributed by atoms with van der Waals surface area (Å²) in [6, 6.07) is 0. The minimum absolute atomic E-state index is 0.103. The Hall–Kier alpha value is -0.830. The lowest BCUT2D eigenvalue weighted by molar-refractivity contribution is -0.907. The molecule has 2 aliphatic heterocycles. The van der Waals surface area contributed by atoms with Gasteiger partial charge in [-0.2, -0.15) is 0 Å². The second-order valence-corrected chi connectivity index (χ2v) is 8.92. The first-order chi connectivity index (χ1) is 11.1. The second kappa shape index (κ2) is 5.91. The highest BCUT2D eigenvalue weighted by atomic mass is 16.6.